The molecule has 2 aromatic heterocycles. The number of thiazole rings is 2. The van der Waals surface area contributed by atoms with Crippen LogP contribution in [-0.2, 0) is 40.5 Å². The summed E-state index contributed by atoms with van der Waals surface area (Å²) in [4.78, 5) is 62.3. The quantitative estimate of drug-likeness (QED) is 0.132. The summed E-state index contributed by atoms with van der Waals surface area (Å²) >= 11 is 2.75. The molecule has 2 aromatic carbocycles. The minimum atomic E-state index is -1.03. The molecular formula is C31H32N4O8S2. The average molecular weight is 653 g/mol. The van der Waals surface area contributed by atoms with Crippen LogP contribution in [0.3, 0.4) is 0 Å². The molecule has 1 N–H and O–H groups in total. The lowest BCUT2D eigenvalue weighted by Gasteiger charge is -2.26. The van der Waals surface area contributed by atoms with Crippen LogP contribution in [-0.4, -0.2) is 69.2 Å². The van der Waals surface area contributed by atoms with E-state index in [2.05, 4.69) is 9.97 Å². The van der Waals surface area contributed by atoms with Gasteiger partial charge in [-0.15, -0.1) is 22.7 Å². The van der Waals surface area contributed by atoms with E-state index in [-0.39, 0.29) is 45.0 Å². The molecule has 0 saturated heterocycles. The van der Waals surface area contributed by atoms with Gasteiger partial charge in [0.15, 0.2) is 0 Å². The number of carbonyl (C=O) groups is 4. The predicted octanol–water partition coefficient (Wildman–Crippen LogP) is 5.76. The number of aromatic nitrogens is 2. The Bertz CT molecular complexity index is 1580. The van der Waals surface area contributed by atoms with E-state index in [1.165, 1.54) is 45.6 Å². The van der Waals surface area contributed by atoms with Gasteiger partial charge in [0.25, 0.3) is 0 Å². The molecule has 14 heteroatoms. The number of amides is 2. The molecule has 0 bridgehead atoms. The number of nitrogens with zero attached hydrogens (tertiary/aromatic N) is 4. The van der Waals surface area contributed by atoms with Crippen LogP contribution in [0.15, 0.2) is 65.9 Å². The molecule has 0 fully saturated rings. The standard InChI is InChI=1S/C31H32N4O8S2/c1-21-12-23(6-9-27(21)28(36)37)16-35(31(40)43-18-26-14-33-20-45-26)11-3-10-34(30(39)42-17-25-13-32-19-44-25)15-22-4-7-24(8-5-22)29(38)41-2/h4-9,12-14,19-20H,3,10-11,15-18H2,1-2H3,(H,36,37). The normalized spacial score (nSPS) is 10.6. The Labute approximate surface area is 267 Å². The van der Waals surface area contributed by atoms with Gasteiger partial charge >= 0.3 is 24.1 Å². The van der Waals surface area contributed by atoms with E-state index in [0.29, 0.717) is 17.5 Å². The van der Waals surface area contributed by atoms with E-state index in [4.69, 9.17) is 14.2 Å². The second kappa shape index (κ2) is 16.3. The highest BCUT2D eigenvalue weighted by atomic mass is 32.1. The number of benzene rings is 2. The largest absolute Gasteiger partial charge is 0.478 e. The molecule has 0 aliphatic carbocycles. The SMILES string of the molecule is COC(=O)c1ccc(CN(CCCN(Cc2ccc(C(=O)O)c(C)c2)C(=O)OCc2cncs2)C(=O)OCc2cncs2)cc1. The van der Waals surface area contributed by atoms with Gasteiger partial charge in [-0.25, -0.2) is 19.2 Å². The second-order valence-corrected chi connectivity index (χ2v) is 11.8. The fourth-order valence-electron chi connectivity index (χ4n) is 4.37. The molecule has 4 aromatic rings. The summed E-state index contributed by atoms with van der Waals surface area (Å²) in [5.41, 5.74) is 5.96. The first-order valence-corrected chi connectivity index (χ1v) is 15.6. The zero-order valence-corrected chi connectivity index (χ0v) is 26.3. The Hall–Kier alpha value is -4.82. The number of esters is 1. The van der Waals surface area contributed by atoms with Crippen molar-refractivity contribution in [3.05, 3.63) is 103 Å². The van der Waals surface area contributed by atoms with Gasteiger partial charge in [-0.05, 0) is 48.2 Å². The number of aryl methyl sites for hydroxylation is 1. The van der Waals surface area contributed by atoms with Crippen molar-refractivity contribution < 1.29 is 38.5 Å². The number of hydrogen-bond donors (Lipinski definition) is 1. The maximum absolute atomic E-state index is 13.2. The van der Waals surface area contributed by atoms with E-state index in [1.807, 2.05) is 0 Å². The number of hydrogen-bond acceptors (Lipinski definition) is 11. The lowest BCUT2D eigenvalue weighted by molar-refractivity contribution is 0.0599. The van der Waals surface area contributed by atoms with Gasteiger partial charge in [0.2, 0.25) is 0 Å². The van der Waals surface area contributed by atoms with Crippen LogP contribution in [0.5, 0.6) is 0 Å². The molecule has 0 saturated carbocycles. The van der Waals surface area contributed by atoms with Gasteiger partial charge in [0, 0.05) is 38.6 Å². The molecule has 2 amide bonds. The third kappa shape index (κ3) is 9.84. The lowest BCUT2D eigenvalue weighted by atomic mass is 10.0. The molecule has 0 atom stereocenters. The van der Waals surface area contributed by atoms with Crippen LogP contribution in [0.4, 0.5) is 9.59 Å². The molecule has 0 aliphatic heterocycles. The third-order valence-corrected chi connectivity index (χ3v) is 8.16. The molecular weight excluding hydrogens is 620 g/mol. The van der Waals surface area contributed by atoms with Gasteiger partial charge in [0.05, 0.1) is 39.0 Å². The van der Waals surface area contributed by atoms with E-state index < -0.39 is 24.1 Å². The van der Waals surface area contributed by atoms with Crippen molar-refractivity contribution in [3.8, 4) is 0 Å². The van der Waals surface area contributed by atoms with Crippen LogP contribution in [0.2, 0.25) is 0 Å². The van der Waals surface area contributed by atoms with E-state index in [1.54, 1.807) is 66.7 Å². The number of carboxylic acid groups (broad SMARTS) is 1. The van der Waals surface area contributed by atoms with Crippen LogP contribution >= 0.6 is 22.7 Å². The van der Waals surface area contributed by atoms with Crippen molar-refractivity contribution in [2.45, 2.75) is 39.6 Å². The summed E-state index contributed by atoms with van der Waals surface area (Å²) < 4.78 is 15.9. The molecule has 0 unspecified atom stereocenters. The Kier molecular flexibility index (Phi) is 12.0. The summed E-state index contributed by atoms with van der Waals surface area (Å²) in [5.74, 6) is -1.49. The number of carboxylic acids is 1. The minimum absolute atomic E-state index is 0.0641. The second-order valence-electron chi connectivity index (χ2n) is 9.88. The van der Waals surface area contributed by atoms with Crippen molar-refractivity contribution in [2.24, 2.45) is 0 Å². The highest BCUT2D eigenvalue weighted by Crippen LogP contribution is 2.17. The molecule has 0 radical (unpaired) electrons. The highest BCUT2D eigenvalue weighted by molar-refractivity contribution is 7.09. The van der Waals surface area contributed by atoms with Crippen LogP contribution in [0.1, 0.15) is 53.6 Å². The lowest BCUT2D eigenvalue weighted by Crippen LogP contribution is -2.36. The number of aromatic carboxylic acids is 1. The van der Waals surface area contributed by atoms with Crippen LogP contribution < -0.4 is 0 Å². The number of ether oxygens (including phenoxy) is 3. The molecule has 12 nitrogen and oxygen atoms in total. The summed E-state index contributed by atoms with van der Waals surface area (Å²) in [5, 5.41) is 9.39. The number of methoxy groups -OCH3 is 1. The Morgan fingerprint density at radius 1 is 0.800 bits per heavy atom. The Morgan fingerprint density at radius 2 is 1.33 bits per heavy atom. The first-order chi connectivity index (χ1) is 21.7. The predicted molar refractivity (Wildman–Crippen MR) is 166 cm³/mol. The fraction of sp³-hybridized carbons (Fsp3) is 0.290. The first kappa shape index (κ1) is 33.1. The molecule has 236 valence electrons. The zero-order chi connectivity index (χ0) is 32.2. The van der Waals surface area contributed by atoms with E-state index in [9.17, 15) is 24.3 Å². The molecule has 0 aliphatic rings. The van der Waals surface area contributed by atoms with Gasteiger partial charge in [-0.2, -0.15) is 0 Å². The van der Waals surface area contributed by atoms with Crippen molar-refractivity contribution in [2.75, 3.05) is 20.2 Å². The Morgan fingerprint density at radius 3 is 1.80 bits per heavy atom. The van der Waals surface area contributed by atoms with Gasteiger partial charge in [-0.3, -0.25) is 9.97 Å². The molecule has 45 heavy (non-hydrogen) atoms. The molecule has 2 heterocycles. The minimum Gasteiger partial charge on any atom is -0.478 e. The van der Waals surface area contributed by atoms with E-state index in [0.717, 1.165) is 20.9 Å². The molecule has 4 rings (SSSR count). The van der Waals surface area contributed by atoms with Crippen LogP contribution in [0, 0.1) is 6.92 Å². The van der Waals surface area contributed by atoms with Crippen molar-refractivity contribution in [1.29, 1.82) is 0 Å². The number of carbonyl (C=O) groups excluding carboxylic acids is 3. The topological polar surface area (TPSA) is 148 Å². The summed E-state index contributed by atoms with van der Waals surface area (Å²) in [6, 6.07) is 11.6. The van der Waals surface area contributed by atoms with Crippen molar-refractivity contribution >= 4 is 46.8 Å². The smallest absolute Gasteiger partial charge is 0.410 e. The van der Waals surface area contributed by atoms with Crippen molar-refractivity contribution in [1.82, 2.24) is 19.8 Å². The molecule has 0 spiro atoms. The maximum Gasteiger partial charge on any atom is 0.410 e. The average Bonchev–Trinajstić information content (AvgIpc) is 3.76. The third-order valence-electron chi connectivity index (χ3n) is 6.66. The zero-order valence-electron chi connectivity index (χ0n) is 24.7. The summed E-state index contributed by atoms with van der Waals surface area (Å²) in [7, 11) is 1.31. The van der Waals surface area contributed by atoms with Gasteiger partial charge in [-0.1, -0.05) is 24.3 Å². The highest BCUT2D eigenvalue weighted by Gasteiger charge is 2.21. The van der Waals surface area contributed by atoms with Crippen LogP contribution in [0.25, 0.3) is 0 Å². The summed E-state index contributed by atoms with van der Waals surface area (Å²) in [6.07, 6.45) is 2.55. The van der Waals surface area contributed by atoms with Gasteiger partial charge < -0.3 is 29.1 Å². The fourth-order valence-corrected chi connectivity index (χ4v) is 5.38. The van der Waals surface area contributed by atoms with Crippen molar-refractivity contribution in [3.63, 3.8) is 0 Å². The summed E-state index contributed by atoms with van der Waals surface area (Å²) in [6.45, 7) is 2.70. The monoisotopic (exact) mass is 652 g/mol. The number of rotatable bonds is 14. The maximum atomic E-state index is 13.2. The Balaban J connectivity index is 1.46. The van der Waals surface area contributed by atoms with E-state index >= 15 is 0 Å². The first-order valence-electron chi connectivity index (χ1n) is 13.8. The van der Waals surface area contributed by atoms with Gasteiger partial charge in [0.1, 0.15) is 13.2 Å².